The molecule has 6 nitrogen and oxygen atoms in total. The van der Waals surface area contributed by atoms with E-state index in [1.165, 1.54) is 10.2 Å². The van der Waals surface area contributed by atoms with Crippen molar-refractivity contribution in [2.24, 2.45) is 5.92 Å². The number of aromatic nitrogens is 2. The highest BCUT2D eigenvalue weighted by atomic mass is 16.2. The van der Waals surface area contributed by atoms with Crippen molar-refractivity contribution in [3.8, 4) is 0 Å². The molecule has 1 saturated heterocycles. The summed E-state index contributed by atoms with van der Waals surface area (Å²) in [5.74, 6) is 0.184. The maximum Gasteiger partial charge on any atom is 0.269 e. The summed E-state index contributed by atoms with van der Waals surface area (Å²) in [5.41, 5.74) is 3.07. The number of benzene rings is 2. The number of anilines is 1. The average molecular weight is 431 g/mol. The second-order valence-electron chi connectivity index (χ2n) is 8.34. The van der Waals surface area contributed by atoms with Crippen molar-refractivity contribution in [3.63, 3.8) is 0 Å². The number of hydrogen-bond donors (Lipinski definition) is 1. The molecule has 166 valence electrons. The van der Waals surface area contributed by atoms with Gasteiger partial charge in [-0.3, -0.25) is 9.59 Å². The fraction of sp³-hybridized carbons (Fsp3) is 0.346. The third-order valence-corrected chi connectivity index (χ3v) is 6.05. The van der Waals surface area contributed by atoms with Crippen LogP contribution in [0.25, 0.3) is 0 Å². The average Bonchev–Trinajstić information content (AvgIpc) is 2.84. The predicted molar refractivity (Wildman–Crippen MR) is 127 cm³/mol. The van der Waals surface area contributed by atoms with Gasteiger partial charge in [0.2, 0.25) is 5.91 Å². The minimum Gasteiger partial charge on any atom is -0.370 e. The van der Waals surface area contributed by atoms with Crippen molar-refractivity contribution in [2.45, 2.75) is 32.2 Å². The van der Waals surface area contributed by atoms with Gasteiger partial charge in [-0.05, 0) is 36.8 Å². The standard InChI is InChI=1S/C26H30N4O2/c31-25-18-24(19-28-30(25)20-22-10-5-2-6-11-22)29-16-13-23(14-17-29)26(32)27-15-7-12-21-8-3-1-4-9-21/h1-6,8-11,18-19,23H,7,12-17,20H2,(H,27,32). The van der Waals surface area contributed by atoms with Crippen LogP contribution in [0.5, 0.6) is 0 Å². The zero-order valence-corrected chi connectivity index (χ0v) is 18.3. The molecule has 1 aliphatic heterocycles. The second kappa shape index (κ2) is 10.8. The maximum absolute atomic E-state index is 12.5. The molecular formula is C26H30N4O2. The molecule has 0 spiro atoms. The minimum atomic E-state index is -0.107. The number of carbonyl (C=O) groups excluding carboxylic acids is 1. The third-order valence-electron chi connectivity index (χ3n) is 6.05. The van der Waals surface area contributed by atoms with Crippen LogP contribution in [0.1, 0.15) is 30.4 Å². The third kappa shape index (κ3) is 5.84. The normalized spacial score (nSPS) is 14.3. The Balaban J connectivity index is 1.23. The van der Waals surface area contributed by atoms with E-state index in [1.807, 2.05) is 48.5 Å². The topological polar surface area (TPSA) is 67.2 Å². The zero-order chi connectivity index (χ0) is 22.2. The number of carbonyl (C=O) groups is 1. The summed E-state index contributed by atoms with van der Waals surface area (Å²) < 4.78 is 1.48. The highest BCUT2D eigenvalue weighted by molar-refractivity contribution is 5.79. The van der Waals surface area contributed by atoms with E-state index in [9.17, 15) is 9.59 Å². The summed E-state index contributed by atoms with van der Waals surface area (Å²) in [6.45, 7) is 2.68. The van der Waals surface area contributed by atoms with Gasteiger partial charge in [0, 0.05) is 31.6 Å². The number of hydrogen-bond acceptors (Lipinski definition) is 4. The lowest BCUT2D eigenvalue weighted by atomic mass is 9.95. The molecule has 1 amide bonds. The number of rotatable bonds is 8. The lowest BCUT2D eigenvalue weighted by molar-refractivity contribution is -0.125. The Hall–Kier alpha value is -3.41. The van der Waals surface area contributed by atoms with Crippen LogP contribution < -0.4 is 15.8 Å². The summed E-state index contributed by atoms with van der Waals surface area (Å²) in [5, 5.41) is 7.45. The SMILES string of the molecule is O=C(NCCCc1ccccc1)C1CCN(c2cnn(Cc3ccccc3)c(=O)c2)CC1. The predicted octanol–water partition coefficient (Wildman–Crippen LogP) is 3.26. The summed E-state index contributed by atoms with van der Waals surface area (Å²) in [7, 11) is 0. The van der Waals surface area contributed by atoms with Gasteiger partial charge in [0.25, 0.3) is 5.56 Å². The van der Waals surface area contributed by atoms with Gasteiger partial charge in [0.15, 0.2) is 0 Å². The van der Waals surface area contributed by atoms with Crippen LogP contribution in [-0.2, 0) is 17.8 Å². The van der Waals surface area contributed by atoms with Gasteiger partial charge in [0.1, 0.15) is 0 Å². The Labute approximate surface area is 188 Å². The van der Waals surface area contributed by atoms with Gasteiger partial charge in [0.05, 0.1) is 18.4 Å². The Morgan fingerprint density at radius 3 is 2.28 bits per heavy atom. The van der Waals surface area contributed by atoms with Crippen LogP contribution in [0.2, 0.25) is 0 Å². The minimum absolute atomic E-state index is 0.0365. The van der Waals surface area contributed by atoms with E-state index >= 15 is 0 Å². The van der Waals surface area contributed by atoms with Crippen molar-refractivity contribution in [1.82, 2.24) is 15.1 Å². The Morgan fingerprint density at radius 2 is 1.62 bits per heavy atom. The largest absolute Gasteiger partial charge is 0.370 e. The molecule has 0 atom stereocenters. The molecule has 2 heterocycles. The molecule has 1 N–H and O–H groups in total. The van der Waals surface area contributed by atoms with Crippen molar-refractivity contribution in [2.75, 3.05) is 24.5 Å². The molecule has 3 aromatic rings. The lowest BCUT2D eigenvalue weighted by Gasteiger charge is -2.32. The monoisotopic (exact) mass is 430 g/mol. The van der Waals surface area contributed by atoms with Gasteiger partial charge in [-0.2, -0.15) is 5.10 Å². The number of nitrogens with zero attached hydrogens (tertiary/aromatic N) is 3. The van der Waals surface area contributed by atoms with Gasteiger partial charge in [-0.15, -0.1) is 0 Å². The second-order valence-corrected chi connectivity index (χ2v) is 8.34. The number of piperidine rings is 1. The summed E-state index contributed by atoms with van der Waals surface area (Å²) in [4.78, 5) is 27.2. The molecule has 32 heavy (non-hydrogen) atoms. The van der Waals surface area contributed by atoms with E-state index in [-0.39, 0.29) is 17.4 Å². The van der Waals surface area contributed by atoms with Crippen LogP contribution in [-0.4, -0.2) is 35.3 Å². The van der Waals surface area contributed by atoms with Crippen LogP contribution in [0.4, 0.5) is 5.69 Å². The maximum atomic E-state index is 12.5. The van der Waals surface area contributed by atoms with Gasteiger partial charge in [-0.25, -0.2) is 4.68 Å². The van der Waals surface area contributed by atoms with Crippen molar-refractivity contribution >= 4 is 11.6 Å². The molecule has 4 rings (SSSR count). The first-order valence-corrected chi connectivity index (χ1v) is 11.4. The molecule has 0 aliphatic carbocycles. The van der Waals surface area contributed by atoms with Crippen molar-refractivity contribution in [3.05, 3.63) is 94.4 Å². The quantitative estimate of drug-likeness (QED) is 0.557. The molecule has 0 unspecified atom stereocenters. The Bertz CT molecular complexity index is 1060. The van der Waals surface area contributed by atoms with E-state index in [1.54, 1.807) is 12.3 Å². The summed E-state index contributed by atoms with van der Waals surface area (Å²) >= 11 is 0. The highest BCUT2D eigenvalue weighted by Crippen LogP contribution is 2.22. The summed E-state index contributed by atoms with van der Waals surface area (Å²) in [6.07, 6.45) is 5.26. The number of aryl methyl sites for hydroxylation is 1. The van der Waals surface area contributed by atoms with E-state index in [0.717, 1.165) is 50.0 Å². The molecule has 0 saturated carbocycles. The number of amides is 1. The molecule has 0 bridgehead atoms. The molecule has 1 aromatic heterocycles. The van der Waals surface area contributed by atoms with Gasteiger partial charge in [-0.1, -0.05) is 60.7 Å². The fourth-order valence-electron chi connectivity index (χ4n) is 4.17. The molecule has 2 aromatic carbocycles. The van der Waals surface area contributed by atoms with Gasteiger partial charge >= 0.3 is 0 Å². The van der Waals surface area contributed by atoms with Crippen LogP contribution >= 0.6 is 0 Å². The van der Waals surface area contributed by atoms with E-state index in [0.29, 0.717) is 13.1 Å². The molecular weight excluding hydrogens is 400 g/mol. The molecule has 6 heteroatoms. The zero-order valence-electron chi connectivity index (χ0n) is 18.3. The summed E-state index contributed by atoms with van der Waals surface area (Å²) in [6, 6.07) is 21.8. The molecule has 1 aliphatic rings. The first kappa shape index (κ1) is 21.8. The lowest BCUT2D eigenvalue weighted by Crippen LogP contribution is -2.41. The van der Waals surface area contributed by atoms with E-state index in [4.69, 9.17) is 0 Å². The first-order chi connectivity index (χ1) is 15.7. The van der Waals surface area contributed by atoms with Crippen LogP contribution in [0.3, 0.4) is 0 Å². The van der Waals surface area contributed by atoms with Crippen LogP contribution in [0, 0.1) is 5.92 Å². The van der Waals surface area contributed by atoms with E-state index in [2.05, 4.69) is 27.4 Å². The Morgan fingerprint density at radius 1 is 0.969 bits per heavy atom. The highest BCUT2D eigenvalue weighted by Gasteiger charge is 2.25. The van der Waals surface area contributed by atoms with Crippen molar-refractivity contribution < 1.29 is 4.79 Å². The first-order valence-electron chi connectivity index (χ1n) is 11.4. The molecule has 0 radical (unpaired) electrons. The van der Waals surface area contributed by atoms with Crippen molar-refractivity contribution in [1.29, 1.82) is 0 Å². The Kier molecular flexibility index (Phi) is 7.33. The fourth-order valence-corrected chi connectivity index (χ4v) is 4.17. The van der Waals surface area contributed by atoms with Gasteiger partial charge < -0.3 is 10.2 Å². The smallest absolute Gasteiger partial charge is 0.269 e. The van der Waals surface area contributed by atoms with Crippen LogP contribution in [0.15, 0.2) is 77.7 Å². The van der Waals surface area contributed by atoms with E-state index < -0.39 is 0 Å². The molecule has 1 fully saturated rings. The number of nitrogens with one attached hydrogen (secondary N) is 1.